The summed E-state index contributed by atoms with van der Waals surface area (Å²) in [4.78, 5) is 25.4. The van der Waals surface area contributed by atoms with Crippen LogP contribution >= 0.6 is 11.8 Å². The quantitative estimate of drug-likeness (QED) is 0.881. The number of amides is 1. The Hall–Kier alpha value is -1.89. The number of aliphatic carboxylic acids is 1. The van der Waals surface area contributed by atoms with E-state index in [1.54, 1.807) is 30.0 Å². The maximum atomic E-state index is 12.7. The van der Waals surface area contributed by atoms with Crippen molar-refractivity contribution in [1.29, 1.82) is 0 Å². The minimum absolute atomic E-state index is 0.315. The molecule has 112 valence electrons. The first-order valence-corrected chi connectivity index (χ1v) is 7.84. The van der Waals surface area contributed by atoms with Crippen molar-refractivity contribution in [2.45, 2.75) is 6.04 Å². The summed E-state index contributed by atoms with van der Waals surface area (Å²) in [6.07, 6.45) is 0. The largest absolute Gasteiger partial charge is 0.486 e. The molecule has 3 rings (SSSR count). The molecule has 2 aliphatic heterocycles. The van der Waals surface area contributed by atoms with Gasteiger partial charge in [0.15, 0.2) is 11.5 Å². The van der Waals surface area contributed by atoms with Crippen LogP contribution in [0.5, 0.6) is 11.5 Å². The van der Waals surface area contributed by atoms with Gasteiger partial charge in [0.25, 0.3) is 5.91 Å². The summed E-state index contributed by atoms with van der Waals surface area (Å²) in [6.45, 7) is 1.25. The molecule has 0 radical (unpaired) electrons. The number of carboxylic acids is 1. The number of para-hydroxylation sites is 1. The van der Waals surface area contributed by atoms with Gasteiger partial charge in [0, 0.05) is 18.1 Å². The number of carbonyl (C=O) groups excluding carboxylic acids is 1. The summed E-state index contributed by atoms with van der Waals surface area (Å²) >= 11 is 1.55. The first kappa shape index (κ1) is 14.1. The Morgan fingerprint density at radius 1 is 1.29 bits per heavy atom. The summed E-state index contributed by atoms with van der Waals surface area (Å²) in [7, 11) is 0. The van der Waals surface area contributed by atoms with Crippen molar-refractivity contribution in [1.82, 2.24) is 4.90 Å². The van der Waals surface area contributed by atoms with Gasteiger partial charge >= 0.3 is 5.97 Å². The van der Waals surface area contributed by atoms with E-state index in [0.29, 0.717) is 42.6 Å². The van der Waals surface area contributed by atoms with Crippen LogP contribution < -0.4 is 9.47 Å². The Bertz CT molecular complexity index is 576. The fourth-order valence-corrected chi connectivity index (χ4v) is 3.49. The van der Waals surface area contributed by atoms with Gasteiger partial charge < -0.3 is 19.5 Å². The Morgan fingerprint density at radius 3 is 2.90 bits per heavy atom. The average Bonchev–Trinajstić information content (AvgIpc) is 2.53. The third kappa shape index (κ3) is 2.65. The zero-order chi connectivity index (χ0) is 14.8. The van der Waals surface area contributed by atoms with Crippen LogP contribution in [0.2, 0.25) is 0 Å². The smallest absolute Gasteiger partial charge is 0.327 e. The standard InChI is InChI=1S/C14H15NO5S/c16-13(15-4-7-21-8-10(15)14(17)18)9-2-1-3-11-12(9)20-6-5-19-11/h1-3,10H,4-8H2,(H,17,18). The minimum Gasteiger partial charge on any atom is -0.486 e. The second kappa shape index (κ2) is 5.85. The molecule has 1 atom stereocenters. The van der Waals surface area contributed by atoms with Gasteiger partial charge in [0.2, 0.25) is 0 Å². The molecule has 0 saturated carbocycles. The third-order valence-electron chi connectivity index (χ3n) is 3.47. The van der Waals surface area contributed by atoms with Gasteiger partial charge in [-0.1, -0.05) is 6.07 Å². The van der Waals surface area contributed by atoms with Crippen molar-refractivity contribution in [2.24, 2.45) is 0 Å². The molecule has 0 aliphatic carbocycles. The van der Waals surface area contributed by atoms with Crippen molar-refractivity contribution in [3.63, 3.8) is 0 Å². The summed E-state index contributed by atoms with van der Waals surface area (Å²) < 4.78 is 11.0. The molecule has 0 spiro atoms. The van der Waals surface area contributed by atoms with E-state index in [1.165, 1.54) is 4.90 Å². The molecule has 2 heterocycles. The van der Waals surface area contributed by atoms with E-state index < -0.39 is 12.0 Å². The van der Waals surface area contributed by atoms with E-state index in [9.17, 15) is 14.7 Å². The highest BCUT2D eigenvalue weighted by molar-refractivity contribution is 7.99. The molecule has 1 fully saturated rings. The van der Waals surface area contributed by atoms with Crippen LogP contribution in [-0.4, -0.2) is 59.2 Å². The lowest BCUT2D eigenvalue weighted by Gasteiger charge is -2.33. The lowest BCUT2D eigenvalue weighted by Crippen LogP contribution is -2.50. The molecule has 1 unspecified atom stereocenters. The number of nitrogens with zero attached hydrogens (tertiary/aromatic N) is 1. The zero-order valence-electron chi connectivity index (χ0n) is 11.3. The summed E-state index contributed by atoms with van der Waals surface area (Å²) in [5.74, 6) is 0.805. The highest BCUT2D eigenvalue weighted by Crippen LogP contribution is 2.35. The molecule has 7 heteroatoms. The van der Waals surface area contributed by atoms with Gasteiger partial charge in [0.05, 0.1) is 5.56 Å². The molecule has 21 heavy (non-hydrogen) atoms. The first-order chi connectivity index (χ1) is 10.2. The average molecular weight is 309 g/mol. The fraction of sp³-hybridized carbons (Fsp3) is 0.429. The molecule has 1 aromatic rings. The van der Waals surface area contributed by atoms with Gasteiger partial charge in [-0.25, -0.2) is 4.79 Å². The number of rotatable bonds is 2. The predicted molar refractivity (Wildman–Crippen MR) is 77.2 cm³/mol. The SMILES string of the molecule is O=C(O)C1CSCCN1C(=O)c1cccc2c1OCCO2. The van der Waals surface area contributed by atoms with Crippen LogP contribution in [0.15, 0.2) is 18.2 Å². The second-order valence-corrected chi connectivity index (χ2v) is 5.91. The second-order valence-electron chi connectivity index (χ2n) is 4.76. The summed E-state index contributed by atoms with van der Waals surface area (Å²) in [5, 5.41) is 9.28. The highest BCUT2D eigenvalue weighted by atomic mass is 32.2. The van der Waals surface area contributed by atoms with Crippen molar-refractivity contribution >= 4 is 23.6 Å². The van der Waals surface area contributed by atoms with E-state index >= 15 is 0 Å². The van der Waals surface area contributed by atoms with Crippen LogP contribution in [0.4, 0.5) is 0 Å². The van der Waals surface area contributed by atoms with Crippen molar-refractivity contribution in [2.75, 3.05) is 31.3 Å². The van der Waals surface area contributed by atoms with Gasteiger partial charge in [0.1, 0.15) is 19.3 Å². The van der Waals surface area contributed by atoms with Crippen LogP contribution in [-0.2, 0) is 4.79 Å². The maximum absolute atomic E-state index is 12.7. The Labute approximate surface area is 126 Å². The Morgan fingerprint density at radius 2 is 2.10 bits per heavy atom. The number of carboxylic acid groups (broad SMARTS) is 1. The first-order valence-electron chi connectivity index (χ1n) is 6.68. The van der Waals surface area contributed by atoms with Crippen molar-refractivity contribution in [3.05, 3.63) is 23.8 Å². The Kier molecular flexibility index (Phi) is 3.92. The molecule has 6 nitrogen and oxygen atoms in total. The normalized spacial score (nSPS) is 21.0. The van der Waals surface area contributed by atoms with E-state index in [-0.39, 0.29) is 5.91 Å². The molecule has 0 bridgehead atoms. The van der Waals surface area contributed by atoms with E-state index in [1.807, 2.05) is 0 Å². The predicted octanol–water partition coefficient (Wildman–Crippen LogP) is 1.10. The van der Waals surface area contributed by atoms with Gasteiger partial charge in [-0.05, 0) is 12.1 Å². The van der Waals surface area contributed by atoms with Crippen molar-refractivity contribution in [3.8, 4) is 11.5 Å². The summed E-state index contributed by atoms with van der Waals surface area (Å²) in [6, 6.07) is 4.31. The molecular formula is C14H15NO5S. The topological polar surface area (TPSA) is 76.1 Å². The number of hydrogen-bond acceptors (Lipinski definition) is 5. The Balaban J connectivity index is 1.92. The number of ether oxygens (including phenoxy) is 2. The van der Waals surface area contributed by atoms with Crippen LogP contribution in [0.3, 0.4) is 0 Å². The molecule has 2 aliphatic rings. The van der Waals surface area contributed by atoms with E-state index in [4.69, 9.17) is 9.47 Å². The molecule has 1 saturated heterocycles. The minimum atomic E-state index is -0.975. The lowest BCUT2D eigenvalue weighted by atomic mass is 10.1. The number of thioether (sulfide) groups is 1. The summed E-state index contributed by atoms with van der Waals surface area (Å²) in [5.41, 5.74) is 0.366. The van der Waals surface area contributed by atoms with Crippen LogP contribution in [0, 0.1) is 0 Å². The number of fused-ring (bicyclic) bond motifs is 1. The monoisotopic (exact) mass is 309 g/mol. The molecular weight excluding hydrogens is 294 g/mol. The van der Waals surface area contributed by atoms with Crippen molar-refractivity contribution < 1.29 is 24.2 Å². The van der Waals surface area contributed by atoms with Gasteiger partial charge in [-0.3, -0.25) is 4.79 Å². The number of benzene rings is 1. The van der Waals surface area contributed by atoms with E-state index in [2.05, 4.69) is 0 Å². The fourth-order valence-electron chi connectivity index (χ4n) is 2.45. The number of carbonyl (C=O) groups is 2. The zero-order valence-corrected chi connectivity index (χ0v) is 12.1. The molecule has 1 N–H and O–H groups in total. The van der Waals surface area contributed by atoms with Crippen LogP contribution in [0.1, 0.15) is 10.4 Å². The molecule has 0 aromatic heterocycles. The number of hydrogen-bond donors (Lipinski definition) is 1. The maximum Gasteiger partial charge on any atom is 0.327 e. The highest BCUT2D eigenvalue weighted by Gasteiger charge is 2.34. The molecule has 1 amide bonds. The van der Waals surface area contributed by atoms with Gasteiger partial charge in [-0.2, -0.15) is 11.8 Å². The third-order valence-corrected chi connectivity index (χ3v) is 4.49. The lowest BCUT2D eigenvalue weighted by molar-refractivity contribution is -0.141. The van der Waals surface area contributed by atoms with Gasteiger partial charge in [-0.15, -0.1) is 0 Å². The van der Waals surface area contributed by atoms with Crippen LogP contribution in [0.25, 0.3) is 0 Å². The van der Waals surface area contributed by atoms with E-state index in [0.717, 1.165) is 5.75 Å². The molecule has 1 aromatic carbocycles.